The van der Waals surface area contributed by atoms with Gasteiger partial charge < -0.3 is 4.57 Å². The smallest absolute Gasteiger partial charge is 0.127 e. The fourth-order valence-corrected chi connectivity index (χ4v) is 2.59. The summed E-state index contributed by atoms with van der Waals surface area (Å²) in [6.07, 6.45) is 3.11. The van der Waals surface area contributed by atoms with Gasteiger partial charge in [-0.3, -0.25) is 0 Å². The maximum Gasteiger partial charge on any atom is 0.127 e. The second kappa shape index (κ2) is 6.14. The molecular formula is C14H18ClFN2S. The Kier molecular flexibility index (Phi) is 4.74. The molecule has 2 unspecified atom stereocenters. The molecule has 5 heteroatoms. The molecule has 2 nitrogen and oxygen atoms in total. The highest BCUT2D eigenvalue weighted by Gasteiger charge is 2.15. The van der Waals surface area contributed by atoms with Crippen LogP contribution in [0.5, 0.6) is 0 Å². The summed E-state index contributed by atoms with van der Waals surface area (Å²) in [5.41, 5.74) is 1.64. The molecule has 1 aromatic heterocycles. The first-order valence-corrected chi connectivity index (χ1v) is 8.08. The molecule has 0 aliphatic heterocycles. The van der Waals surface area contributed by atoms with Gasteiger partial charge >= 0.3 is 0 Å². The molecule has 1 aromatic carbocycles. The summed E-state index contributed by atoms with van der Waals surface area (Å²) < 4.78 is 15.5. The summed E-state index contributed by atoms with van der Waals surface area (Å²) >= 11 is 8.02. The van der Waals surface area contributed by atoms with E-state index in [-0.39, 0.29) is 11.2 Å². The number of imidazole rings is 1. The van der Waals surface area contributed by atoms with E-state index in [0.29, 0.717) is 5.25 Å². The Balaban J connectivity index is 2.42. The number of rotatable bonds is 5. The SMILES string of the molecule is CSC(C)CCn1c(C(C)Cl)nc2ccc(F)cc21. The molecular weight excluding hydrogens is 283 g/mol. The number of aromatic nitrogens is 2. The van der Waals surface area contributed by atoms with E-state index in [4.69, 9.17) is 11.6 Å². The molecule has 0 bridgehead atoms. The van der Waals surface area contributed by atoms with E-state index in [2.05, 4.69) is 18.2 Å². The third kappa shape index (κ3) is 3.23. The van der Waals surface area contributed by atoms with Crippen LogP contribution in [0.4, 0.5) is 4.39 Å². The quantitative estimate of drug-likeness (QED) is 0.750. The molecule has 0 saturated carbocycles. The van der Waals surface area contributed by atoms with Gasteiger partial charge in [0.25, 0.3) is 0 Å². The van der Waals surface area contributed by atoms with Crippen molar-refractivity contribution in [3.05, 3.63) is 29.8 Å². The zero-order valence-electron chi connectivity index (χ0n) is 11.4. The van der Waals surface area contributed by atoms with E-state index in [1.54, 1.807) is 6.07 Å². The van der Waals surface area contributed by atoms with Crippen LogP contribution in [0.25, 0.3) is 11.0 Å². The van der Waals surface area contributed by atoms with Crippen molar-refractivity contribution < 1.29 is 4.39 Å². The Morgan fingerprint density at radius 3 is 2.79 bits per heavy atom. The van der Waals surface area contributed by atoms with Crippen LogP contribution in [0.2, 0.25) is 0 Å². The minimum atomic E-state index is -0.236. The van der Waals surface area contributed by atoms with Crippen LogP contribution in [0.15, 0.2) is 18.2 Å². The minimum absolute atomic E-state index is 0.181. The van der Waals surface area contributed by atoms with Crippen LogP contribution < -0.4 is 0 Å². The maximum absolute atomic E-state index is 13.4. The highest BCUT2D eigenvalue weighted by atomic mass is 35.5. The van der Waals surface area contributed by atoms with Crippen LogP contribution in [-0.2, 0) is 6.54 Å². The van der Waals surface area contributed by atoms with Gasteiger partial charge in [0.2, 0.25) is 0 Å². The van der Waals surface area contributed by atoms with Crippen molar-refractivity contribution in [2.45, 2.75) is 37.4 Å². The Morgan fingerprint density at radius 1 is 1.42 bits per heavy atom. The van der Waals surface area contributed by atoms with Crippen LogP contribution >= 0.6 is 23.4 Å². The van der Waals surface area contributed by atoms with Gasteiger partial charge in [0.05, 0.1) is 16.4 Å². The minimum Gasteiger partial charge on any atom is -0.327 e. The lowest BCUT2D eigenvalue weighted by Gasteiger charge is -2.13. The lowest BCUT2D eigenvalue weighted by Crippen LogP contribution is -2.08. The number of thioether (sulfide) groups is 1. The molecule has 0 saturated heterocycles. The van der Waals surface area contributed by atoms with E-state index < -0.39 is 0 Å². The largest absolute Gasteiger partial charge is 0.327 e. The topological polar surface area (TPSA) is 17.8 Å². The Hall–Kier alpha value is -0.740. The standard InChI is InChI=1S/C14H18ClFN2S/c1-9(19-3)6-7-18-13-8-11(16)4-5-12(13)17-14(18)10(2)15/h4-5,8-10H,6-7H2,1-3H3. The number of fused-ring (bicyclic) bond motifs is 1. The fraction of sp³-hybridized carbons (Fsp3) is 0.500. The van der Waals surface area contributed by atoms with E-state index in [0.717, 1.165) is 29.8 Å². The summed E-state index contributed by atoms with van der Waals surface area (Å²) in [4.78, 5) is 4.51. The normalized spacial score (nSPS) is 14.8. The molecule has 0 aliphatic rings. The number of aryl methyl sites for hydroxylation is 1. The number of benzene rings is 1. The van der Waals surface area contributed by atoms with Crippen LogP contribution in [0, 0.1) is 5.82 Å². The van der Waals surface area contributed by atoms with Gasteiger partial charge in [-0.15, -0.1) is 11.6 Å². The third-order valence-electron chi connectivity index (χ3n) is 3.26. The summed E-state index contributed by atoms with van der Waals surface area (Å²) in [7, 11) is 0. The first kappa shape index (κ1) is 14.7. The molecule has 2 atom stereocenters. The highest BCUT2D eigenvalue weighted by Crippen LogP contribution is 2.26. The van der Waals surface area contributed by atoms with Crippen molar-refractivity contribution in [2.24, 2.45) is 0 Å². The van der Waals surface area contributed by atoms with Gasteiger partial charge in [-0.05, 0) is 37.8 Å². The molecule has 0 aliphatic carbocycles. The summed E-state index contributed by atoms with van der Waals surface area (Å²) in [5, 5.41) is 0.379. The van der Waals surface area contributed by atoms with Crippen LogP contribution in [-0.4, -0.2) is 21.1 Å². The lowest BCUT2D eigenvalue weighted by molar-refractivity contribution is 0.614. The van der Waals surface area contributed by atoms with Gasteiger partial charge in [-0.2, -0.15) is 11.8 Å². The number of nitrogens with zero attached hydrogens (tertiary/aromatic N) is 2. The monoisotopic (exact) mass is 300 g/mol. The molecule has 0 fully saturated rings. The van der Waals surface area contributed by atoms with Crippen LogP contribution in [0.3, 0.4) is 0 Å². The zero-order chi connectivity index (χ0) is 14.0. The second-order valence-corrected chi connectivity index (χ2v) is 6.64. The van der Waals surface area contributed by atoms with Crippen molar-refractivity contribution >= 4 is 34.4 Å². The lowest BCUT2D eigenvalue weighted by atomic mass is 10.3. The van der Waals surface area contributed by atoms with Crippen molar-refractivity contribution in [3.8, 4) is 0 Å². The maximum atomic E-state index is 13.4. The van der Waals surface area contributed by atoms with Gasteiger partial charge in [-0.1, -0.05) is 6.92 Å². The molecule has 2 rings (SSSR count). The van der Waals surface area contributed by atoms with Gasteiger partial charge in [-0.25, -0.2) is 9.37 Å². The first-order valence-electron chi connectivity index (χ1n) is 6.35. The summed E-state index contributed by atoms with van der Waals surface area (Å²) in [5.74, 6) is 0.580. The van der Waals surface area contributed by atoms with Crippen molar-refractivity contribution in [2.75, 3.05) is 6.26 Å². The van der Waals surface area contributed by atoms with Crippen molar-refractivity contribution in [3.63, 3.8) is 0 Å². The number of hydrogen-bond donors (Lipinski definition) is 0. The molecule has 0 amide bonds. The van der Waals surface area contributed by atoms with Gasteiger partial charge in [0.15, 0.2) is 0 Å². The van der Waals surface area contributed by atoms with Gasteiger partial charge in [0.1, 0.15) is 11.6 Å². The molecule has 2 aromatic rings. The molecule has 0 spiro atoms. The number of halogens is 2. The summed E-state index contributed by atoms with van der Waals surface area (Å²) in [6, 6.07) is 4.68. The van der Waals surface area contributed by atoms with E-state index in [9.17, 15) is 4.39 Å². The van der Waals surface area contributed by atoms with Crippen LogP contribution in [0.1, 0.15) is 31.5 Å². The van der Waals surface area contributed by atoms with Gasteiger partial charge in [0, 0.05) is 11.8 Å². The van der Waals surface area contributed by atoms with E-state index in [1.807, 2.05) is 23.3 Å². The first-order chi connectivity index (χ1) is 9.02. The Labute approximate surface area is 122 Å². The third-order valence-corrected chi connectivity index (χ3v) is 4.49. The number of hydrogen-bond acceptors (Lipinski definition) is 2. The van der Waals surface area contributed by atoms with E-state index >= 15 is 0 Å². The molecule has 0 radical (unpaired) electrons. The average Bonchev–Trinajstić information content (AvgIpc) is 2.74. The van der Waals surface area contributed by atoms with Crippen molar-refractivity contribution in [1.82, 2.24) is 9.55 Å². The average molecular weight is 301 g/mol. The highest BCUT2D eigenvalue weighted by molar-refractivity contribution is 7.99. The fourth-order valence-electron chi connectivity index (χ4n) is 2.08. The molecule has 1 heterocycles. The zero-order valence-corrected chi connectivity index (χ0v) is 12.9. The summed E-state index contributed by atoms with van der Waals surface area (Å²) in [6.45, 7) is 4.90. The Bertz CT molecular complexity index is 568. The second-order valence-electron chi connectivity index (χ2n) is 4.71. The molecule has 19 heavy (non-hydrogen) atoms. The van der Waals surface area contributed by atoms with E-state index in [1.165, 1.54) is 12.1 Å². The number of alkyl halides is 1. The predicted octanol–water partition coefficient (Wildman–Crippen LogP) is 4.62. The van der Waals surface area contributed by atoms with Crippen molar-refractivity contribution in [1.29, 1.82) is 0 Å². The molecule has 0 N–H and O–H groups in total. The Morgan fingerprint density at radius 2 is 2.16 bits per heavy atom. The predicted molar refractivity (Wildman–Crippen MR) is 81.6 cm³/mol. The molecule has 104 valence electrons.